The lowest BCUT2D eigenvalue weighted by atomic mass is 10.2. The molecule has 1 aromatic carbocycles. The van der Waals surface area contributed by atoms with Crippen LogP contribution in [0.1, 0.15) is 11.3 Å². The van der Waals surface area contributed by atoms with Gasteiger partial charge in [0.1, 0.15) is 0 Å². The summed E-state index contributed by atoms with van der Waals surface area (Å²) in [6.45, 7) is 3.14. The van der Waals surface area contributed by atoms with Gasteiger partial charge in [0.2, 0.25) is 5.91 Å². The Morgan fingerprint density at radius 1 is 1.40 bits per heavy atom. The number of morpholine rings is 1. The van der Waals surface area contributed by atoms with Gasteiger partial charge < -0.3 is 15.2 Å². The Kier molecular flexibility index (Phi) is 8.79. The van der Waals surface area contributed by atoms with Crippen LogP contribution in [0.5, 0.6) is 0 Å². The van der Waals surface area contributed by atoms with Crippen molar-refractivity contribution in [2.45, 2.75) is 23.4 Å². The number of thioether (sulfide) groups is 1. The van der Waals surface area contributed by atoms with E-state index in [0.717, 1.165) is 12.1 Å². The van der Waals surface area contributed by atoms with Crippen molar-refractivity contribution in [2.75, 3.05) is 32.0 Å². The minimum Gasteiger partial charge on any atom is -0.481 e. The summed E-state index contributed by atoms with van der Waals surface area (Å²) in [7, 11) is 0. The van der Waals surface area contributed by atoms with Crippen molar-refractivity contribution in [3.05, 3.63) is 44.9 Å². The Hall–Kier alpha value is -1.36. The standard InChI is InChI=1S/C19H21Cl2N3O4S2/c20-15-3-1-2-12(18(15)21)8-24-4-5-28-14(9-24)7-22-16(25)11-30-19-23-13(10-29-19)6-17(26)27/h1-3,10,14H,4-9,11H2,(H,22,25)(H,26,27)/t14-/m0/s1. The summed E-state index contributed by atoms with van der Waals surface area (Å²) in [5, 5.41) is 14.5. The number of benzene rings is 1. The summed E-state index contributed by atoms with van der Waals surface area (Å²) in [4.78, 5) is 29.3. The highest BCUT2D eigenvalue weighted by Gasteiger charge is 2.22. The average molecular weight is 490 g/mol. The molecule has 1 aromatic heterocycles. The van der Waals surface area contributed by atoms with E-state index in [9.17, 15) is 9.59 Å². The van der Waals surface area contributed by atoms with Crippen LogP contribution in [0.2, 0.25) is 10.0 Å². The van der Waals surface area contributed by atoms with Crippen LogP contribution >= 0.6 is 46.3 Å². The summed E-state index contributed by atoms with van der Waals surface area (Å²) in [5.74, 6) is -0.823. The molecule has 2 N–H and O–H groups in total. The molecule has 0 radical (unpaired) electrons. The van der Waals surface area contributed by atoms with Crippen LogP contribution in [0.3, 0.4) is 0 Å². The number of nitrogens with one attached hydrogen (secondary N) is 1. The van der Waals surface area contributed by atoms with E-state index < -0.39 is 5.97 Å². The first-order valence-electron chi connectivity index (χ1n) is 9.23. The summed E-state index contributed by atoms with van der Waals surface area (Å²) < 4.78 is 6.45. The number of aromatic nitrogens is 1. The van der Waals surface area contributed by atoms with Crippen LogP contribution in [0.25, 0.3) is 0 Å². The zero-order chi connectivity index (χ0) is 21.5. The molecule has 1 fully saturated rings. The molecule has 1 atom stereocenters. The van der Waals surface area contributed by atoms with Gasteiger partial charge in [-0.2, -0.15) is 0 Å². The number of carbonyl (C=O) groups excluding carboxylic acids is 1. The van der Waals surface area contributed by atoms with Gasteiger partial charge in [-0.15, -0.1) is 11.3 Å². The second kappa shape index (κ2) is 11.3. The third-order valence-corrected chi connectivity index (χ3v) is 7.29. The molecule has 162 valence electrons. The fourth-order valence-electron chi connectivity index (χ4n) is 2.96. The van der Waals surface area contributed by atoms with Crippen LogP contribution in [-0.2, 0) is 27.3 Å². The van der Waals surface area contributed by atoms with Gasteiger partial charge in [0.05, 0.1) is 40.6 Å². The lowest BCUT2D eigenvalue weighted by molar-refractivity contribution is -0.136. The maximum absolute atomic E-state index is 12.1. The number of hydrogen-bond acceptors (Lipinski definition) is 7. The second-order valence-electron chi connectivity index (χ2n) is 6.71. The van der Waals surface area contributed by atoms with E-state index in [0.29, 0.717) is 46.3 Å². The molecule has 0 saturated carbocycles. The summed E-state index contributed by atoms with van der Waals surface area (Å²) >= 11 is 15.0. The topological polar surface area (TPSA) is 91.8 Å². The molecule has 0 unspecified atom stereocenters. The van der Waals surface area contributed by atoms with Gasteiger partial charge >= 0.3 is 5.97 Å². The fraction of sp³-hybridized carbons (Fsp3) is 0.421. The van der Waals surface area contributed by atoms with Crippen LogP contribution in [0.4, 0.5) is 0 Å². The Morgan fingerprint density at radius 2 is 2.23 bits per heavy atom. The van der Waals surface area contributed by atoms with Crippen molar-refractivity contribution in [3.8, 4) is 0 Å². The van der Waals surface area contributed by atoms with Gasteiger partial charge in [-0.1, -0.05) is 47.1 Å². The lowest BCUT2D eigenvalue weighted by Crippen LogP contribution is -2.47. The quantitative estimate of drug-likeness (QED) is 0.522. The van der Waals surface area contributed by atoms with Crippen molar-refractivity contribution in [1.29, 1.82) is 0 Å². The number of carboxylic acids is 1. The highest BCUT2D eigenvalue weighted by atomic mass is 35.5. The average Bonchev–Trinajstić information content (AvgIpc) is 3.15. The summed E-state index contributed by atoms with van der Waals surface area (Å²) in [6.07, 6.45) is -0.216. The molecule has 11 heteroatoms. The Labute approximate surface area is 192 Å². The molecule has 0 spiro atoms. The summed E-state index contributed by atoms with van der Waals surface area (Å²) in [5.41, 5.74) is 1.47. The first-order chi connectivity index (χ1) is 14.4. The normalized spacial score (nSPS) is 17.1. The van der Waals surface area contributed by atoms with Gasteiger partial charge in [0.25, 0.3) is 0 Å². The molecule has 0 aliphatic carbocycles. The molecule has 1 aliphatic heterocycles. The van der Waals surface area contributed by atoms with Crippen LogP contribution in [0, 0.1) is 0 Å². The predicted octanol–water partition coefficient (Wildman–Crippen LogP) is 3.19. The summed E-state index contributed by atoms with van der Waals surface area (Å²) in [6, 6.07) is 5.60. The number of ether oxygens (including phenoxy) is 1. The van der Waals surface area contributed by atoms with Crippen molar-refractivity contribution in [1.82, 2.24) is 15.2 Å². The number of hydrogen-bond donors (Lipinski definition) is 2. The van der Waals surface area contributed by atoms with Crippen molar-refractivity contribution < 1.29 is 19.4 Å². The van der Waals surface area contributed by atoms with Gasteiger partial charge in [0, 0.05) is 31.6 Å². The number of nitrogens with zero attached hydrogens (tertiary/aromatic N) is 2. The number of amides is 1. The van der Waals surface area contributed by atoms with E-state index in [4.69, 9.17) is 33.0 Å². The highest BCUT2D eigenvalue weighted by Crippen LogP contribution is 2.27. The molecule has 1 aliphatic rings. The zero-order valence-electron chi connectivity index (χ0n) is 16.0. The fourth-order valence-corrected chi connectivity index (χ4v) is 5.01. The lowest BCUT2D eigenvalue weighted by Gasteiger charge is -2.33. The number of thiazole rings is 1. The molecule has 1 amide bonds. The van der Waals surface area contributed by atoms with E-state index >= 15 is 0 Å². The van der Waals surface area contributed by atoms with Crippen LogP contribution in [0.15, 0.2) is 27.9 Å². The van der Waals surface area contributed by atoms with Gasteiger partial charge in [-0.25, -0.2) is 4.98 Å². The maximum Gasteiger partial charge on any atom is 0.309 e. The molecular weight excluding hydrogens is 469 g/mol. The molecular formula is C19H21Cl2N3O4S2. The van der Waals surface area contributed by atoms with E-state index in [1.165, 1.54) is 23.1 Å². The number of rotatable bonds is 9. The largest absolute Gasteiger partial charge is 0.481 e. The minimum atomic E-state index is -0.922. The number of carboxylic acid groups (broad SMARTS) is 1. The van der Waals surface area contributed by atoms with E-state index in [1.54, 1.807) is 11.4 Å². The van der Waals surface area contributed by atoms with E-state index in [2.05, 4.69) is 15.2 Å². The number of halogens is 2. The molecule has 3 rings (SSSR count). The monoisotopic (exact) mass is 489 g/mol. The first-order valence-corrected chi connectivity index (χ1v) is 11.9. The third kappa shape index (κ3) is 7.11. The van der Waals surface area contributed by atoms with Crippen LogP contribution < -0.4 is 5.32 Å². The van der Waals surface area contributed by atoms with Crippen molar-refractivity contribution >= 4 is 58.2 Å². The first kappa shape index (κ1) is 23.3. The Balaban J connectivity index is 1.40. The van der Waals surface area contributed by atoms with E-state index in [-0.39, 0.29) is 24.2 Å². The smallest absolute Gasteiger partial charge is 0.309 e. The molecule has 2 heterocycles. The van der Waals surface area contributed by atoms with Crippen molar-refractivity contribution in [3.63, 3.8) is 0 Å². The second-order valence-corrected chi connectivity index (χ2v) is 9.57. The molecule has 7 nitrogen and oxygen atoms in total. The van der Waals surface area contributed by atoms with Gasteiger partial charge in [-0.05, 0) is 11.6 Å². The highest BCUT2D eigenvalue weighted by molar-refractivity contribution is 8.01. The third-order valence-electron chi connectivity index (χ3n) is 4.37. The zero-order valence-corrected chi connectivity index (χ0v) is 19.1. The molecule has 0 bridgehead atoms. The molecule has 30 heavy (non-hydrogen) atoms. The van der Waals surface area contributed by atoms with Gasteiger partial charge in [-0.3, -0.25) is 14.5 Å². The Morgan fingerprint density at radius 3 is 3.03 bits per heavy atom. The maximum atomic E-state index is 12.1. The SMILES string of the molecule is O=C(O)Cc1csc(SCC(=O)NC[C@H]2CN(Cc3cccc(Cl)c3Cl)CCO2)n1. The van der Waals surface area contributed by atoms with E-state index in [1.807, 2.05) is 12.1 Å². The minimum absolute atomic E-state index is 0.104. The number of aliphatic carboxylic acids is 1. The van der Waals surface area contributed by atoms with Gasteiger partial charge in [0.15, 0.2) is 4.34 Å². The molecule has 2 aromatic rings. The predicted molar refractivity (Wildman–Crippen MR) is 119 cm³/mol. The van der Waals surface area contributed by atoms with Crippen LogP contribution in [-0.4, -0.2) is 65.0 Å². The Bertz CT molecular complexity index is 896. The molecule has 1 saturated heterocycles. The van der Waals surface area contributed by atoms with Crippen molar-refractivity contribution in [2.24, 2.45) is 0 Å². The number of carbonyl (C=O) groups is 2.